The molecular formula is C21H19F3N2OS. The molecular weight excluding hydrogens is 385 g/mol. The number of ether oxygens (including phenoxy) is 1. The second-order valence-electron chi connectivity index (χ2n) is 7.49. The van der Waals surface area contributed by atoms with E-state index in [1.54, 1.807) is 24.1 Å². The predicted molar refractivity (Wildman–Crippen MR) is 105 cm³/mol. The van der Waals surface area contributed by atoms with Crippen molar-refractivity contribution in [2.75, 3.05) is 13.2 Å². The fourth-order valence-corrected chi connectivity index (χ4v) is 4.84. The summed E-state index contributed by atoms with van der Waals surface area (Å²) in [4.78, 5) is 3.12. The van der Waals surface area contributed by atoms with Crippen molar-refractivity contribution in [3.8, 4) is 11.3 Å². The first-order chi connectivity index (χ1) is 13.6. The number of fused-ring (bicyclic) bond motifs is 1. The minimum atomic E-state index is -0.612. The molecule has 1 aliphatic heterocycles. The molecule has 2 N–H and O–H groups in total. The van der Waals surface area contributed by atoms with E-state index in [1.165, 1.54) is 18.2 Å². The molecule has 1 aliphatic carbocycles. The molecule has 0 unspecified atom stereocenters. The van der Waals surface area contributed by atoms with Crippen LogP contribution in [0.25, 0.3) is 22.2 Å². The van der Waals surface area contributed by atoms with Gasteiger partial charge in [0.1, 0.15) is 17.5 Å². The Kier molecular flexibility index (Phi) is 4.61. The van der Waals surface area contributed by atoms with Crippen LogP contribution in [0.5, 0.6) is 0 Å². The first-order valence-corrected chi connectivity index (χ1v) is 10.2. The molecule has 0 spiro atoms. The Labute approximate surface area is 164 Å². The van der Waals surface area contributed by atoms with Gasteiger partial charge in [-0.25, -0.2) is 13.2 Å². The SMILES string of the molecule is Fc1ccc(-c2[nH]c3c(F)cc(F)cc3c2C2CC(NSC3COC3)C2)cc1. The van der Waals surface area contributed by atoms with Gasteiger partial charge in [-0.05, 0) is 60.2 Å². The van der Waals surface area contributed by atoms with E-state index in [9.17, 15) is 13.2 Å². The zero-order chi connectivity index (χ0) is 19.3. The highest BCUT2D eigenvalue weighted by molar-refractivity contribution is 7.98. The lowest BCUT2D eigenvalue weighted by molar-refractivity contribution is 0.0450. The van der Waals surface area contributed by atoms with E-state index in [-0.39, 0.29) is 11.7 Å². The van der Waals surface area contributed by atoms with Crippen LogP contribution in [0.3, 0.4) is 0 Å². The minimum absolute atomic E-state index is 0.186. The third-order valence-electron chi connectivity index (χ3n) is 5.55. The van der Waals surface area contributed by atoms with E-state index in [0.717, 1.165) is 48.9 Å². The third kappa shape index (κ3) is 3.21. The van der Waals surface area contributed by atoms with Crippen molar-refractivity contribution in [3.05, 3.63) is 59.4 Å². The molecule has 0 bridgehead atoms. The van der Waals surface area contributed by atoms with E-state index in [2.05, 4.69) is 9.71 Å². The molecule has 0 atom stereocenters. The second kappa shape index (κ2) is 7.13. The predicted octanol–water partition coefficient (Wildman–Crippen LogP) is 5.13. The minimum Gasteiger partial charge on any atom is -0.379 e. The molecule has 1 saturated carbocycles. The summed E-state index contributed by atoms with van der Waals surface area (Å²) >= 11 is 1.71. The van der Waals surface area contributed by atoms with Crippen molar-refractivity contribution in [3.63, 3.8) is 0 Å². The molecule has 2 aromatic carbocycles. The summed E-state index contributed by atoms with van der Waals surface area (Å²) in [5.74, 6) is -1.35. The van der Waals surface area contributed by atoms with Gasteiger partial charge in [0.25, 0.3) is 0 Å². The monoisotopic (exact) mass is 404 g/mol. The number of H-pyrrole nitrogens is 1. The van der Waals surface area contributed by atoms with Crippen LogP contribution in [0, 0.1) is 17.5 Å². The quantitative estimate of drug-likeness (QED) is 0.579. The van der Waals surface area contributed by atoms with E-state index in [1.807, 2.05) is 0 Å². The molecule has 0 amide bonds. The molecule has 7 heteroatoms. The highest BCUT2D eigenvalue weighted by Gasteiger charge is 2.35. The van der Waals surface area contributed by atoms with Crippen molar-refractivity contribution >= 4 is 22.9 Å². The number of aromatic amines is 1. The van der Waals surface area contributed by atoms with Crippen LogP contribution in [0.4, 0.5) is 13.2 Å². The molecule has 2 fully saturated rings. The van der Waals surface area contributed by atoms with Gasteiger partial charge < -0.3 is 9.72 Å². The van der Waals surface area contributed by atoms with E-state index in [4.69, 9.17) is 4.74 Å². The zero-order valence-corrected chi connectivity index (χ0v) is 15.8. The number of aromatic nitrogens is 1. The summed E-state index contributed by atoms with van der Waals surface area (Å²) in [6.07, 6.45) is 1.78. The summed E-state index contributed by atoms with van der Waals surface area (Å²) in [5.41, 5.74) is 2.72. The molecule has 1 aromatic heterocycles. The Bertz CT molecular complexity index is 1010. The average molecular weight is 404 g/mol. The van der Waals surface area contributed by atoms with Crippen LogP contribution in [0.1, 0.15) is 24.3 Å². The topological polar surface area (TPSA) is 37.0 Å². The van der Waals surface area contributed by atoms with Gasteiger partial charge in [-0.15, -0.1) is 0 Å². The number of rotatable bonds is 5. The molecule has 0 radical (unpaired) electrons. The van der Waals surface area contributed by atoms with Gasteiger partial charge in [0.2, 0.25) is 0 Å². The molecule has 28 heavy (non-hydrogen) atoms. The van der Waals surface area contributed by atoms with Crippen molar-refractivity contribution in [2.24, 2.45) is 0 Å². The van der Waals surface area contributed by atoms with Gasteiger partial charge in [0, 0.05) is 17.5 Å². The van der Waals surface area contributed by atoms with E-state index >= 15 is 0 Å². The number of benzene rings is 2. The molecule has 3 nitrogen and oxygen atoms in total. The number of nitrogens with one attached hydrogen (secondary N) is 2. The van der Waals surface area contributed by atoms with Gasteiger partial charge in [-0.2, -0.15) is 0 Å². The maximum atomic E-state index is 14.4. The molecule has 146 valence electrons. The van der Waals surface area contributed by atoms with Crippen LogP contribution in [-0.4, -0.2) is 29.5 Å². The molecule has 5 rings (SSSR count). The van der Waals surface area contributed by atoms with Crippen molar-refractivity contribution in [1.29, 1.82) is 0 Å². The molecule has 3 aromatic rings. The van der Waals surface area contributed by atoms with Gasteiger partial charge in [-0.1, -0.05) is 11.9 Å². The first-order valence-electron chi connectivity index (χ1n) is 9.34. The van der Waals surface area contributed by atoms with Gasteiger partial charge in [0.15, 0.2) is 0 Å². The highest BCUT2D eigenvalue weighted by Crippen LogP contribution is 2.46. The fraction of sp³-hybridized carbons (Fsp3) is 0.333. The average Bonchev–Trinajstić information content (AvgIpc) is 2.95. The number of halogens is 3. The van der Waals surface area contributed by atoms with Crippen molar-refractivity contribution < 1.29 is 17.9 Å². The smallest absolute Gasteiger partial charge is 0.150 e. The third-order valence-corrected chi connectivity index (χ3v) is 6.63. The summed E-state index contributed by atoms with van der Waals surface area (Å²) in [6.45, 7) is 1.56. The van der Waals surface area contributed by atoms with Crippen molar-refractivity contribution in [2.45, 2.75) is 30.1 Å². The number of hydrogen-bond acceptors (Lipinski definition) is 3. The fourth-order valence-electron chi connectivity index (χ4n) is 3.93. The summed E-state index contributed by atoms with van der Waals surface area (Å²) in [7, 11) is 0. The summed E-state index contributed by atoms with van der Waals surface area (Å²) < 4.78 is 50.3. The Morgan fingerprint density at radius 2 is 1.75 bits per heavy atom. The van der Waals surface area contributed by atoms with Gasteiger partial charge in [-0.3, -0.25) is 4.72 Å². The largest absolute Gasteiger partial charge is 0.379 e. The van der Waals surface area contributed by atoms with Crippen molar-refractivity contribution in [1.82, 2.24) is 9.71 Å². The van der Waals surface area contributed by atoms with Crippen LogP contribution >= 0.6 is 11.9 Å². The Morgan fingerprint density at radius 1 is 1.00 bits per heavy atom. The lowest BCUT2D eigenvalue weighted by Gasteiger charge is -2.38. The van der Waals surface area contributed by atoms with Crippen LogP contribution < -0.4 is 4.72 Å². The maximum Gasteiger partial charge on any atom is 0.150 e. The van der Waals surface area contributed by atoms with Crippen LogP contribution in [0.15, 0.2) is 36.4 Å². The first kappa shape index (κ1) is 18.1. The normalized spacial score (nSPS) is 22.2. The Balaban J connectivity index is 1.47. The summed E-state index contributed by atoms with van der Waals surface area (Å²) in [5, 5.41) is 1.07. The second-order valence-corrected chi connectivity index (χ2v) is 8.63. The van der Waals surface area contributed by atoms with Crippen LogP contribution in [0.2, 0.25) is 0 Å². The molecule has 1 saturated heterocycles. The van der Waals surface area contributed by atoms with Crippen LogP contribution in [-0.2, 0) is 4.74 Å². The Hall–Kier alpha value is -1.96. The zero-order valence-electron chi connectivity index (χ0n) is 15.0. The van der Waals surface area contributed by atoms with Gasteiger partial charge in [0.05, 0.1) is 29.7 Å². The maximum absolute atomic E-state index is 14.4. The lowest BCUT2D eigenvalue weighted by Crippen LogP contribution is -2.41. The number of hydrogen-bond donors (Lipinski definition) is 2. The Morgan fingerprint density at radius 3 is 2.43 bits per heavy atom. The van der Waals surface area contributed by atoms with E-state index in [0.29, 0.717) is 22.2 Å². The van der Waals surface area contributed by atoms with Gasteiger partial charge >= 0.3 is 0 Å². The highest BCUT2D eigenvalue weighted by atomic mass is 32.2. The molecule has 2 heterocycles. The standard InChI is InChI=1S/C21H19F3N2OS/c22-13-3-1-11(2-4-13)20-19(17-7-14(23)8-18(24)21(17)25-20)12-5-15(6-12)26-28-16-9-27-10-16/h1-4,7-8,12,15-16,25-26H,5-6,9-10H2. The molecule has 2 aliphatic rings. The van der Waals surface area contributed by atoms with E-state index < -0.39 is 11.6 Å². The summed E-state index contributed by atoms with van der Waals surface area (Å²) in [6, 6.07) is 8.73. The lowest BCUT2D eigenvalue weighted by atomic mass is 9.74.